The number of hydrogen-bond acceptors (Lipinski definition) is 6. The summed E-state index contributed by atoms with van der Waals surface area (Å²) >= 11 is 0. The van der Waals surface area contributed by atoms with Gasteiger partial charge in [-0.05, 0) is 48.2 Å². The number of rotatable bonds is 7. The number of ether oxygens (including phenoxy) is 3. The molecule has 0 amide bonds. The minimum absolute atomic E-state index is 0.0359. The summed E-state index contributed by atoms with van der Waals surface area (Å²) in [5, 5.41) is 3.11. The van der Waals surface area contributed by atoms with Gasteiger partial charge in [-0.3, -0.25) is 10.1 Å². The van der Waals surface area contributed by atoms with Crippen LogP contribution in [0, 0.1) is 0 Å². The van der Waals surface area contributed by atoms with Crippen LogP contribution >= 0.6 is 0 Å². The Labute approximate surface area is 172 Å². The molecular formula is C21H23F3N2O4. The molecule has 162 valence electrons. The fourth-order valence-corrected chi connectivity index (χ4v) is 3.21. The molecule has 2 unspecified atom stereocenters. The molecular weight excluding hydrogens is 401 g/mol. The van der Waals surface area contributed by atoms with E-state index in [-0.39, 0.29) is 23.8 Å². The van der Waals surface area contributed by atoms with Gasteiger partial charge in [0.25, 0.3) is 0 Å². The van der Waals surface area contributed by atoms with Crippen molar-refractivity contribution in [1.29, 1.82) is 0 Å². The van der Waals surface area contributed by atoms with Crippen molar-refractivity contribution in [3.8, 4) is 11.5 Å². The number of carbonyl (C=O) groups is 1. The molecule has 0 spiro atoms. The van der Waals surface area contributed by atoms with Crippen molar-refractivity contribution in [3.63, 3.8) is 0 Å². The van der Waals surface area contributed by atoms with Gasteiger partial charge in [0.1, 0.15) is 17.5 Å². The molecule has 0 radical (unpaired) electrons. The van der Waals surface area contributed by atoms with Gasteiger partial charge in [0.05, 0.1) is 25.5 Å². The minimum Gasteiger partial charge on any atom is -0.468 e. The topological polar surface area (TPSA) is 82.8 Å². The average Bonchev–Trinajstić information content (AvgIpc) is 3.22. The summed E-state index contributed by atoms with van der Waals surface area (Å²) in [6, 6.07) is 9.51. The summed E-state index contributed by atoms with van der Waals surface area (Å²) in [6.45, 7) is 1.32. The van der Waals surface area contributed by atoms with E-state index in [1.807, 2.05) is 12.1 Å². The first-order valence-electron chi connectivity index (χ1n) is 9.39. The first kappa shape index (κ1) is 22.1. The second-order valence-corrected chi connectivity index (χ2v) is 6.99. The highest BCUT2D eigenvalue weighted by Crippen LogP contribution is 2.36. The van der Waals surface area contributed by atoms with E-state index in [1.54, 1.807) is 12.1 Å². The number of nitrogens with one attached hydrogen (secondary N) is 1. The zero-order valence-corrected chi connectivity index (χ0v) is 16.4. The van der Waals surface area contributed by atoms with Crippen LogP contribution in [0.15, 0.2) is 42.5 Å². The standard InChI is InChI=1S/C21H23F3N2O4/c1-28-20(27)19(25)9-14-4-7-16(10-18(14)21(22,23)24)30-15-5-2-13(3-6-15)8-17-11-26-12-29-17/h2-7,10,17,19,26H,8-9,11-12,25H2,1H3. The Morgan fingerprint density at radius 3 is 2.53 bits per heavy atom. The number of hydrogen-bond donors (Lipinski definition) is 2. The van der Waals surface area contributed by atoms with E-state index in [1.165, 1.54) is 12.1 Å². The fraction of sp³-hybridized carbons (Fsp3) is 0.381. The predicted octanol–water partition coefficient (Wildman–Crippen LogP) is 3.03. The average molecular weight is 424 g/mol. The van der Waals surface area contributed by atoms with Crippen molar-refractivity contribution in [1.82, 2.24) is 5.32 Å². The number of esters is 1. The van der Waals surface area contributed by atoms with E-state index >= 15 is 0 Å². The summed E-state index contributed by atoms with van der Waals surface area (Å²) < 4.78 is 56.1. The summed E-state index contributed by atoms with van der Waals surface area (Å²) in [7, 11) is 1.13. The van der Waals surface area contributed by atoms with Crippen LogP contribution in [0.25, 0.3) is 0 Å². The molecule has 1 heterocycles. The van der Waals surface area contributed by atoms with Gasteiger partial charge < -0.3 is 19.9 Å². The Morgan fingerprint density at radius 2 is 1.93 bits per heavy atom. The van der Waals surface area contributed by atoms with Crippen LogP contribution in [0.2, 0.25) is 0 Å². The summed E-state index contributed by atoms with van der Waals surface area (Å²) in [4.78, 5) is 11.5. The molecule has 1 aliphatic rings. The van der Waals surface area contributed by atoms with Gasteiger partial charge in [-0.2, -0.15) is 13.2 Å². The lowest BCUT2D eigenvalue weighted by molar-refractivity contribution is -0.143. The Hall–Kier alpha value is -2.62. The van der Waals surface area contributed by atoms with E-state index in [0.29, 0.717) is 12.5 Å². The second kappa shape index (κ2) is 9.46. The molecule has 2 aromatic carbocycles. The maximum Gasteiger partial charge on any atom is 0.416 e. The highest BCUT2D eigenvalue weighted by atomic mass is 19.4. The molecule has 3 N–H and O–H groups in total. The molecule has 1 saturated heterocycles. The SMILES string of the molecule is COC(=O)C(N)Cc1ccc(Oc2ccc(CC3CNCO3)cc2)cc1C(F)(F)F. The molecule has 9 heteroatoms. The van der Waals surface area contributed by atoms with Crippen LogP contribution in [0.3, 0.4) is 0 Å². The molecule has 0 bridgehead atoms. The minimum atomic E-state index is -4.62. The van der Waals surface area contributed by atoms with Crippen LogP contribution in [0.4, 0.5) is 13.2 Å². The summed E-state index contributed by atoms with van der Waals surface area (Å²) in [5.41, 5.74) is 5.66. The third kappa shape index (κ3) is 5.71. The van der Waals surface area contributed by atoms with E-state index in [4.69, 9.17) is 15.2 Å². The van der Waals surface area contributed by atoms with Crippen molar-refractivity contribution in [2.75, 3.05) is 20.4 Å². The van der Waals surface area contributed by atoms with Gasteiger partial charge in [-0.25, -0.2) is 0 Å². The Bertz CT molecular complexity index is 866. The Morgan fingerprint density at radius 1 is 1.23 bits per heavy atom. The number of benzene rings is 2. The van der Waals surface area contributed by atoms with Gasteiger partial charge >= 0.3 is 12.1 Å². The van der Waals surface area contributed by atoms with Crippen molar-refractivity contribution in [3.05, 3.63) is 59.2 Å². The van der Waals surface area contributed by atoms with Crippen LogP contribution in [0.1, 0.15) is 16.7 Å². The van der Waals surface area contributed by atoms with E-state index in [0.717, 1.165) is 31.7 Å². The van der Waals surface area contributed by atoms with Gasteiger partial charge in [0, 0.05) is 6.54 Å². The fourth-order valence-electron chi connectivity index (χ4n) is 3.21. The summed E-state index contributed by atoms with van der Waals surface area (Å²) in [5.74, 6) is -0.326. The molecule has 2 aromatic rings. The molecule has 1 aliphatic heterocycles. The molecule has 30 heavy (non-hydrogen) atoms. The largest absolute Gasteiger partial charge is 0.468 e. The Kier molecular flexibility index (Phi) is 6.96. The lowest BCUT2D eigenvalue weighted by Gasteiger charge is -2.17. The number of halogens is 3. The first-order chi connectivity index (χ1) is 14.3. The molecule has 2 atom stereocenters. The van der Waals surface area contributed by atoms with Gasteiger partial charge in [-0.15, -0.1) is 0 Å². The number of alkyl halides is 3. The highest BCUT2D eigenvalue weighted by molar-refractivity contribution is 5.75. The molecule has 0 aromatic heterocycles. The highest BCUT2D eigenvalue weighted by Gasteiger charge is 2.34. The van der Waals surface area contributed by atoms with Crippen molar-refractivity contribution < 1.29 is 32.2 Å². The lowest BCUT2D eigenvalue weighted by atomic mass is 9.99. The second-order valence-electron chi connectivity index (χ2n) is 6.99. The van der Waals surface area contributed by atoms with E-state index in [9.17, 15) is 18.0 Å². The van der Waals surface area contributed by atoms with Crippen LogP contribution < -0.4 is 15.8 Å². The molecule has 0 aliphatic carbocycles. The smallest absolute Gasteiger partial charge is 0.416 e. The van der Waals surface area contributed by atoms with Crippen molar-refractivity contribution in [2.24, 2.45) is 5.73 Å². The molecule has 0 saturated carbocycles. The summed E-state index contributed by atoms with van der Waals surface area (Å²) in [6.07, 6.45) is -4.08. The normalized spacial score (nSPS) is 17.6. The first-order valence-corrected chi connectivity index (χ1v) is 9.39. The Balaban J connectivity index is 1.73. The van der Waals surface area contributed by atoms with Gasteiger partial charge in [0.15, 0.2) is 0 Å². The molecule has 3 rings (SSSR count). The molecule has 1 fully saturated rings. The van der Waals surface area contributed by atoms with Crippen LogP contribution in [0.5, 0.6) is 11.5 Å². The van der Waals surface area contributed by atoms with E-state index in [2.05, 4.69) is 10.1 Å². The maximum atomic E-state index is 13.5. The van der Waals surface area contributed by atoms with E-state index < -0.39 is 23.8 Å². The van der Waals surface area contributed by atoms with Crippen molar-refractivity contribution >= 4 is 5.97 Å². The van der Waals surface area contributed by atoms with Gasteiger partial charge in [0.2, 0.25) is 0 Å². The zero-order chi connectivity index (χ0) is 21.7. The third-order valence-electron chi connectivity index (χ3n) is 4.75. The van der Waals surface area contributed by atoms with Crippen molar-refractivity contribution in [2.45, 2.75) is 31.2 Å². The number of methoxy groups -OCH3 is 1. The maximum absolute atomic E-state index is 13.5. The number of carbonyl (C=O) groups excluding carboxylic acids is 1. The van der Waals surface area contributed by atoms with Gasteiger partial charge in [-0.1, -0.05) is 18.2 Å². The quantitative estimate of drug-likeness (QED) is 0.665. The molecule has 6 nitrogen and oxygen atoms in total. The third-order valence-corrected chi connectivity index (χ3v) is 4.75. The number of nitrogens with two attached hydrogens (primary N) is 1. The van der Waals surface area contributed by atoms with Crippen LogP contribution in [-0.4, -0.2) is 38.5 Å². The zero-order valence-electron chi connectivity index (χ0n) is 16.4. The predicted molar refractivity (Wildman–Crippen MR) is 103 cm³/mol. The van der Waals surface area contributed by atoms with Crippen LogP contribution in [-0.2, 0) is 33.3 Å². The lowest BCUT2D eigenvalue weighted by Crippen LogP contribution is -2.34. The monoisotopic (exact) mass is 424 g/mol.